The van der Waals surface area contributed by atoms with E-state index in [1.165, 1.54) is 18.9 Å². The van der Waals surface area contributed by atoms with Gasteiger partial charge in [0.05, 0.1) is 10.7 Å². The van der Waals surface area contributed by atoms with Gasteiger partial charge in [0.25, 0.3) is 0 Å². The van der Waals surface area contributed by atoms with Crippen molar-refractivity contribution in [1.29, 1.82) is 0 Å². The number of benzene rings is 1. The van der Waals surface area contributed by atoms with E-state index in [1.807, 2.05) is 0 Å². The van der Waals surface area contributed by atoms with E-state index in [4.69, 9.17) is 11.6 Å². The minimum atomic E-state index is -0.213. The summed E-state index contributed by atoms with van der Waals surface area (Å²) in [5, 5.41) is 3.99. The Morgan fingerprint density at radius 2 is 1.94 bits per heavy atom. The van der Waals surface area contributed by atoms with Crippen LogP contribution in [0.15, 0.2) is 18.2 Å². The highest BCUT2D eigenvalue weighted by molar-refractivity contribution is 6.33. The van der Waals surface area contributed by atoms with Crippen molar-refractivity contribution in [2.24, 2.45) is 5.41 Å². The molecule has 2 aliphatic heterocycles. The molecule has 0 saturated carbocycles. The first kappa shape index (κ1) is 11.3. The molecule has 4 heteroatoms. The minimum absolute atomic E-state index is 0.213. The van der Waals surface area contributed by atoms with E-state index in [-0.39, 0.29) is 5.82 Å². The van der Waals surface area contributed by atoms with Crippen LogP contribution in [0.2, 0.25) is 5.02 Å². The summed E-state index contributed by atoms with van der Waals surface area (Å²) in [4.78, 5) is 2.20. The SMILES string of the molecule is Fc1ccc(Cl)c(N2CCC3(CC2)CNC3)c1. The van der Waals surface area contributed by atoms with E-state index in [9.17, 15) is 4.39 Å². The van der Waals surface area contributed by atoms with Gasteiger partial charge in [0.15, 0.2) is 0 Å². The fourth-order valence-electron chi connectivity index (χ4n) is 2.78. The Balaban J connectivity index is 1.75. The Hall–Kier alpha value is -0.800. The van der Waals surface area contributed by atoms with Gasteiger partial charge in [0.2, 0.25) is 0 Å². The molecular formula is C13H16ClFN2. The maximum Gasteiger partial charge on any atom is 0.125 e. The number of hydrogen-bond donors (Lipinski definition) is 1. The molecule has 0 aliphatic carbocycles. The van der Waals surface area contributed by atoms with Crippen molar-refractivity contribution in [2.45, 2.75) is 12.8 Å². The summed E-state index contributed by atoms with van der Waals surface area (Å²) < 4.78 is 13.2. The third kappa shape index (κ3) is 2.02. The van der Waals surface area contributed by atoms with Gasteiger partial charge in [-0.1, -0.05) is 11.6 Å². The standard InChI is InChI=1S/C13H16ClFN2/c14-11-2-1-10(15)7-12(11)17-5-3-13(4-6-17)8-16-9-13/h1-2,7,16H,3-6,8-9H2. The van der Waals surface area contributed by atoms with Crippen LogP contribution in [0.4, 0.5) is 10.1 Å². The van der Waals surface area contributed by atoms with E-state index in [0.717, 1.165) is 31.9 Å². The van der Waals surface area contributed by atoms with Crippen molar-refractivity contribution in [2.75, 3.05) is 31.1 Å². The van der Waals surface area contributed by atoms with Crippen LogP contribution >= 0.6 is 11.6 Å². The molecule has 0 atom stereocenters. The molecule has 0 bridgehead atoms. The van der Waals surface area contributed by atoms with Crippen LogP contribution in [0.5, 0.6) is 0 Å². The molecule has 3 rings (SSSR count). The summed E-state index contributed by atoms with van der Waals surface area (Å²) in [6.07, 6.45) is 2.35. The fourth-order valence-corrected chi connectivity index (χ4v) is 3.02. The largest absolute Gasteiger partial charge is 0.370 e. The average Bonchev–Trinajstić information content (AvgIpc) is 2.31. The van der Waals surface area contributed by atoms with Gasteiger partial charge in [-0.05, 0) is 36.5 Å². The fraction of sp³-hybridized carbons (Fsp3) is 0.538. The first-order valence-corrected chi connectivity index (χ1v) is 6.47. The zero-order valence-electron chi connectivity index (χ0n) is 9.68. The number of rotatable bonds is 1. The lowest BCUT2D eigenvalue weighted by atomic mass is 9.73. The molecule has 0 aromatic heterocycles. The number of piperidine rings is 1. The highest BCUT2D eigenvalue weighted by atomic mass is 35.5. The summed E-state index contributed by atoms with van der Waals surface area (Å²) >= 11 is 6.13. The first-order chi connectivity index (χ1) is 8.19. The molecule has 0 unspecified atom stereocenters. The third-order valence-electron chi connectivity index (χ3n) is 4.07. The van der Waals surface area contributed by atoms with E-state index < -0.39 is 0 Å². The van der Waals surface area contributed by atoms with Gasteiger partial charge in [0, 0.05) is 26.2 Å². The highest BCUT2D eigenvalue weighted by Gasteiger charge is 2.39. The average molecular weight is 255 g/mol. The van der Waals surface area contributed by atoms with Crippen molar-refractivity contribution in [1.82, 2.24) is 5.32 Å². The van der Waals surface area contributed by atoms with Gasteiger partial charge in [-0.15, -0.1) is 0 Å². The van der Waals surface area contributed by atoms with Crippen LogP contribution in [-0.4, -0.2) is 26.2 Å². The van der Waals surface area contributed by atoms with E-state index in [2.05, 4.69) is 10.2 Å². The van der Waals surface area contributed by atoms with E-state index >= 15 is 0 Å². The monoisotopic (exact) mass is 254 g/mol. The molecule has 2 heterocycles. The Morgan fingerprint density at radius 1 is 1.24 bits per heavy atom. The Labute approximate surface area is 106 Å². The summed E-state index contributed by atoms with van der Waals surface area (Å²) in [5.74, 6) is -0.213. The Bertz CT molecular complexity index is 421. The van der Waals surface area contributed by atoms with Crippen LogP contribution in [0.25, 0.3) is 0 Å². The second-order valence-corrected chi connectivity index (χ2v) is 5.59. The van der Waals surface area contributed by atoms with Gasteiger partial charge in [-0.25, -0.2) is 4.39 Å². The van der Waals surface area contributed by atoms with Gasteiger partial charge >= 0.3 is 0 Å². The molecule has 1 N–H and O–H groups in total. The predicted octanol–water partition coefficient (Wildman–Crippen LogP) is 2.67. The van der Waals surface area contributed by atoms with Crippen molar-refractivity contribution in [3.05, 3.63) is 29.0 Å². The first-order valence-electron chi connectivity index (χ1n) is 6.09. The van der Waals surface area contributed by atoms with Crippen LogP contribution in [0.3, 0.4) is 0 Å². The Morgan fingerprint density at radius 3 is 2.53 bits per heavy atom. The second kappa shape index (κ2) is 4.14. The Kier molecular flexibility index (Phi) is 2.75. The van der Waals surface area contributed by atoms with Gasteiger partial charge in [0.1, 0.15) is 5.82 Å². The summed E-state index contributed by atoms with van der Waals surface area (Å²) in [6.45, 7) is 4.23. The van der Waals surface area contributed by atoms with Crippen LogP contribution in [0, 0.1) is 11.2 Å². The molecule has 0 radical (unpaired) electrons. The van der Waals surface area contributed by atoms with Gasteiger partial charge < -0.3 is 10.2 Å². The second-order valence-electron chi connectivity index (χ2n) is 5.19. The minimum Gasteiger partial charge on any atom is -0.370 e. The number of anilines is 1. The maximum atomic E-state index is 13.2. The van der Waals surface area contributed by atoms with Gasteiger partial charge in [-0.2, -0.15) is 0 Å². The molecule has 2 aliphatic rings. The van der Waals surface area contributed by atoms with Gasteiger partial charge in [-0.3, -0.25) is 0 Å². The van der Waals surface area contributed by atoms with Crippen molar-refractivity contribution < 1.29 is 4.39 Å². The third-order valence-corrected chi connectivity index (χ3v) is 4.39. The summed E-state index contributed by atoms with van der Waals surface area (Å²) in [6, 6.07) is 4.59. The van der Waals surface area contributed by atoms with Crippen LogP contribution in [0.1, 0.15) is 12.8 Å². The van der Waals surface area contributed by atoms with Crippen LogP contribution < -0.4 is 10.2 Å². The summed E-state index contributed by atoms with van der Waals surface area (Å²) in [5.41, 5.74) is 1.35. The lowest BCUT2D eigenvalue weighted by Gasteiger charge is -2.49. The number of nitrogens with zero attached hydrogens (tertiary/aromatic N) is 1. The molecule has 2 nitrogen and oxygen atoms in total. The molecule has 2 fully saturated rings. The molecule has 2 saturated heterocycles. The number of nitrogens with one attached hydrogen (secondary N) is 1. The maximum absolute atomic E-state index is 13.2. The molecule has 1 spiro atoms. The van der Waals surface area contributed by atoms with E-state index in [0.29, 0.717) is 10.4 Å². The lowest BCUT2D eigenvalue weighted by Crippen LogP contribution is -2.58. The normalized spacial score (nSPS) is 22.6. The number of halogens is 2. The zero-order chi connectivity index (χ0) is 11.9. The molecule has 0 amide bonds. The highest BCUT2D eigenvalue weighted by Crippen LogP contribution is 2.38. The van der Waals surface area contributed by atoms with Crippen molar-refractivity contribution in [3.8, 4) is 0 Å². The molecular weight excluding hydrogens is 239 g/mol. The van der Waals surface area contributed by atoms with Crippen molar-refractivity contribution in [3.63, 3.8) is 0 Å². The molecule has 1 aromatic rings. The molecule has 17 heavy (non-hydrogen) atoms. The van der Waals surface area contributed by atoms with Crippen molar-refractivity contribution >= 4 is 17.3 Å². The number of hydrogen-bond acceptors (Lipinski definition) is 2. The smallest absolute Gasteiger partial charge is 0.125 e. The summed E-state index contributed by atoms with van der Waals surface area (Å²) in [7, 11) is 0. The molecule has 1 aromatic carbocycles. The van der Waals surface area contributed by atoms with Crippen LogP contribution in [-0.2, 0) is 0 Å². The quantitative estimate of drug-likeness (QED) is 0.829. The lowest BCUT2D eigenvalue weighted by molar-refractivity contribution is 0.126. The van der Waals surface area contributed by atoms with E-state index in [1.54, 1.807) is 12.1 Å². The predicted molar refractivity (Wildman–Crippen MR) is 68.2 cm³/mol. The zero-order valence-corrected chi connectivity index (χ0v) is 10.4. The topological polar surface area (TPSA) is 15.3 Å². The molecule has 92 valence electrons.